The maximum absolute atomic E-state index is 12.9. The van der Waals surface area contributed by atoms with E-state index in [1.165, 1.54) is 16.8 Å². The fraction of sp³-hybridized carbons (Fsp3) is 0.286. The summed E-state index contributed by atoms with van der Waals surface area (Å²) in [6.07, 6.45) is -4.40. The van der Waals surface area contributed by atoms with Crippen molar-refractivity contribution in [2.24, 2.45) is 7.05 Å². The third-order valence-electron chi connectivity index (χ3n) is 3.10. The molecule has 1 N–H and O–H groups in total. The number of hydrogen-bond donors (Lipinski definition) is 1. The highest BCUT2D eigenvalue weighted by atomic mass is 19.4. The van der Waals surface area contributed by atoms with Gasteiger partial charge < -0.3 is 5.32 Å². The summed E-state index contributed by atoms with van der Waals surface area (Å²) in [4.78, 5) is 0. The van der Waals surface area contributed by atoms with Gasteiger partial charge in [0.15, 0.2) is 0 Å². The minimum Gasteiger partial charge on any atom is -0.365 e. The van der Waals surface area contributed by atoms with Gasteiger partial charge in [0, 0.05) is 13.6 Å². The van der Waals surface area contributed by atoms with E-state index in [0.717, 1.165) is 6.07 Å². The van der Waals surface area contributed by atoms with Crippen LogP contribution < -0.4 is 5.32 Å². The lowest BCUT2D eigenvalue weighted by molar-refractivity contribution is -0.138. The van der Waals surface area contributed by atoms with Crippen molar-refractivity contribution in [1.82, 2.24) is 9.78 Å². The zero-order valence-corrected chi connectivity index (χ0v) is 11.5. The van der Waals surface area contributed by atoms with Gasteiger partial charge in [-0.2, -0.15) is 23.5 Å². The largest absolute Gasteiger partial charge is 0.416 e. The molecule has 2 rings (SSSR count). The lowest BCUT2D eigenvalue weighted by Crippen LogP contribution is -2.13. The molecule has 0 fully saturated rings. The molecule has 110 valence electrons. The van der Waals surface area contributed by atoms with Crippen LogP contribution in [0.3, 0.4) is 0 Å². The lowest BCUT2D eigenvalue weighted by Gasteiger charge is -2.14. The molecule has 0 saturated heterocycles. The molecule has 0 saturated carbocycles. The van der Waals surface area contributed by atoms with E-state index in [1.807, 2.05) is 6.07 Å². The van der Waals surface area contributed by atoms with Crippen molar-refractivity contribution in [2.75, 3.05) is 5.32 Å². The van der Waals surface area contributed by atoms with Crippen molar-refractivity contribution in [2.45, 2.75) is 19.6 Å². The third kappa shape index (κ3) is 2.99. The van der Waals surface area contributed by atoms with Gasteiger partial charge in [-0.3, -0.25) is 4.68 Å². The summed E-state index contributed by atoms with van der Waals surface area (Å²) in [6.45, 7) is 1.64. The number of aryl methyl sites for hydroxylation is 2. The Labute approximate surface area is 119 Å². The topological polar surface area (TPSA) is 53.6 Å². The van der Waals surface area contributed by atoms with Crippen molar-refractivity contribution in [1.29, 1.82) is 5.26 Å². The number of nitriles is 1. The SMILES string of the molecule is Cc1nn(C)c(NCc2ccccc2C(F)(F)F)c1C#N. The highest BCUT2D eigenvalue weighted by molar-refractivity contribution is 5.55. The summed E-state index contributed by atoms with van der Waals surface area (Å²) in [5, 5.41) is 16.0. The molecule has 0 aliphatic carbocycles. The smallest absolute Gasteiger partial charge is 0.365 e. The van der Waals surface area contributed by atoms with Crippen LogP contribution in [-0.4, -0.2) is 9.78 Å². The van der Waals surface area contributed by atoms with Crippen LogP contribution in [0.15, 0.2) is 24.3 Å². The van der Waals surface area contributed by atoms with Gasteiger partial charge in [0.25, 0.3) is 0 Å². The molecule has 0 unspecified atom stereocenters. The Bertz CT molecular complexity index is 695. The molecule has 21 heavy (non-hydrogen) atoms. The van der Waals surface area contributed by atoms with E-state index in [4.69, 9.17) is 5.26 Å². The van der Waals surface area contributed by atoms with Gasteiger partial charge in [0.2, 0.25) is 0 Å². The van der Waals surface area contributed by atoms with Crippen LogP contribution in [0, 0.1) is 18.3 Å². The first-order chi connectivity index (χ1) is 9.84. The second-order valence-corrected chi connectivity index (χ2v) is 4.55. The molecule has 1 aromatic carbocycles. The van der Waals surface area contributed by atoms with E-state index in [0.29, 0.717) is 17.1 Å². The Morgan fingerprint density at radius 2 is 2.00 bits per heavy atom. The third-order valence-corrected chi connectivity index (χ3v) is 3.10. The minimum atomic E-state index is -4.40. The van der Waals surface area contributed by atoms with Gasteiger partial charge in [-0.05, 0) is 18.6 Å². The number of benzene rings is 1. The monoisotopic (exact) mass is 294 g/mol. The zero-order chi connectivity index (χ0) is 15.6. The predicted molar refractivity (Wildman–Crippen MR) is 71.4 cm³/mol. The molecule has 2 aromatic rings. The van der Waals surface area contributed by atoms with Crippen molar-refractivity contribution >= 4 is 5.82 Å². The number of rotatable bonds is 3. The molecule has 7 heteroatoms. The fourth-order valence-electron chi connectivity index (χ4n) is 2.12. The van der Waals surface area contributed by atoms with Crippen molar-refractivity contribution in [3.63, 3.8) is 0 Å². The van der Waals surface area contributed by atoms with E-state index in [2.05, 4.69) is 10.4 Å². The number of hydrogen-bond acceptors (Lipinski definition) is 3. The average molecular weight is 294 g/mol. The van der Waals surface area contributed by atoms with Crippen molar-refractivity contribution < 1.29 is 13.2 Å². The van der Waals surface area contributed by atoms with E-state index in [-0.39, 0.29) is 12.1 Å². The standard InChI is InChI=1S/C14H13F3N4/c1-9-11(7-18)13(21(2)20-9)19-8-10-5-3-4-6-12(10)14(15,16)17/h3-6,19H,8H2,1-2H3. The van der Waals surface area contributed by atoms with Gasteiger partial charge in [0.05, 0.1) is 11.3 Å². The first kappa shape index (κ1) is 14.9. The first-order valence-electron chi connectivity index (χ1n) is 6.17. The molecule has 0 aliphatic heterocycles. The van der Waals surface area contributed by atoms with Crippen LogP contribution >= 0.6 is 0 Å². The second-order valence-electron chi connectivity index (χ2n) is 4.55. The van der Waals surface area contributed by atoms with Crippen molar-refractivity contribution in [3.8, 4) is 6.07 Å². The predicted octanol–water partition coefficient (Wildman–Crippen LogP) is 3.23. The molecule has 0 aliphatic rings. The summed E-state index contributed by atoms with van der Waals surface area (Å²) >= 11 is 0. The molecule has 0 radical (unpaired) electrons. The maximum atomic E-state index is 12.9. The van der Waals surface area contributed by atoms with Gasteiger partial charge >= 0.3 is 6.18 Å². The van der Waals surface area contributed by atoms with Crippen LogP contribution in [0.1, 0.15) is 22.4 Å². The van der Waals surface area contributed by atoms with E-state index >= 15 is 0 Å². The summed E-state index contributed by atoms with van der Waals surface area (Å²) < 4.78 is 40.2. The summed E-state index contributed by atoms with van der Waals surface area (Å²) in [5.74, 6) is 0.409. The average Bonchev–Trinajstić information content (AvgIpc) is 2.69. The number of aromatic nitrogens is 2. The van der Waals surface area contributed by atoms with Crippen LogP contribution in [-0.2, 0) is 19.8 Å². The highest BCUT2D eigenvalue weighted by Gasteiger charge is 2.32. The summed E-state index contributed by atoms with van der Waals surface area (Å²) in [6, 6.07) is 7.34. The molecule has 0 amide bonds. The summed E-state index contributed by atoms with van der Waals surface area (Å²) in [5.41, 5.74) is 0.302. The van der Waals surface area contributed by atoms with Crippen LogP contribution in [0.5, 0.6) is 0 Å². The number of alkyl halides is 3. The highest BCUT2D eigenvalue weighted by Crippen LogP contribution is 2.32. The Morgan fingerprint density at radius 1 is 1.33 bits per heavy atom. The van der Waals surface area contributed by atoms with E-state index in [9.17, 15) is 13.2 Å². The number of nitrogens with one attached hydrogen (secondary N) is 1. The van der Waals surface area contributed by atoms with E-state index in [1.54, 1.807) is 20.0 Å². The Kier molecular flexibility index (Phi) is 3.89. The molecule has 0 bridgehead atoms. The second kappa shape index (κ2) is 5.48. The minimum absolute atomic E-state index is 0.0384. The number of nitrogens with zero attached hydrogens (tertiary/aromatic N) is 3. The van der Waals surface area contributed by atoms with Gasteiger partial charge in [0.1, 0.15) is 17.5 Å². The van der Waals surface area contributed by atoms with Gasteiger partial charge in [-0.1, -0.05) is 18.2 Å². The number of anilines is 1. The van der Waals surface area contributed by atoms with Crippen molar-refractivity contribution in [3.05, 3.63) is 46.6 Å². The molecule has 0 spiro atoms. The Hall–Kier alpha value is -2.49. The quantitative estimate of drug-likeness (QED) is 0.945. The lowest BCUT2D eigenvalue weighted by atomic mass is 10.1. The zero-order valence-electron chi connectivity index (χ0n) is 11.5. The fourth-order valence-corrected chi connectivity index (χ4v) is 2.12. The van der Waals surface area contributed by atoms with Crippen LogP contribution in [0.4, 0.5) is 19.0 Å². The molecule has 1 aromatic heterocycles. The Morgan fingerprint density at radius 3 is 2.62 bits per heavy atom. The molecule has 4 nitrogen and oxygen atoms in total. The Balaban J connectivity index is 2.28. The van der Waals surface area contributed by atoms with Gasteiger partial charge in [-0.15, -0.1) is 0 Å². The maximum Gasteiger partial charge on any atom is 0.416 e. The van der Waals surface area contributed by atoms with E-state index < -0.39 is 11.7 Å². The van der Waals surface area contributed by atoms with Crippen LogP contribution in [0.25, 0.3) is 0 Å². The molecular formula is C14H13F3N4. The van der Waals surface area contributed by atoms with Gasteiger partial charge in [-0.25, -0.2) is 0 Å². The summed E-state index contributed by atoms with van der Waals surface area (Å²) in [7, 11) is 1.63. The normalized spacial score (nSPS) is 11.2. The molecular weight excluding hydrogens is 281 g/mol. The van der Waals surface area contributed by atoms with Crippen LogP contribution in [0.2, 0.25) is 0 Å². The number of halogens is 3. The molecule has 0 atom stereocenters. The molecule has 1 heterocycles. The first-order valence-corrected chi connectivity index (χ1v) is 6.17.